The lowest BCUT2D eigenvalue weighted by molar-refractivity contribution is -0.139. The molecule has 2 aromatic rings. The van der Waals surface area contributed by atoms with E-state index in [4.69, 9.17) is 0 Å². The lowest BCUT2D eigenvalue weighted by atomic mass is 10.1. The number of ether oxygens (including phenoxy) is 1. The number of hydrogen-bond acceptors (Lipinski definition) is 7. The largest absolute Gasteiger partial charge is 0.469 e. The minimum atomic E-state index is -0.495. The second-order valence-electron chi connectivity index (χ2n) is 5.45. The van der Waals surface area contributed by atoms with Crippen molar-refractivity contribution >= 4 is 29.5 Å². The number of carbonyl (C=O) groups excluding carboxylic acids is 3. The second-order valence-corrected chi connectivity index (χ2v) is 6.53. The van der Waals surface area contributed by atoms with E-state index in [9.17, 15) is 19.2 Å². The number of imide groups is 1. The van der Waals surface area contributed by atoms with E-state index < -0.39 is 5.97 Å². The van der Waals surface area contributed by atoms with Gasteiger partial charge in [-0.15, -0.1) is 0 Å². The van der Waals surface area contributed by atoms with Crippen LogP contribution in [0.3, 0.4) is 0 Å². The van der Waals surface area contributed by atoms with E-state index in [0.29, 0.717) is 27.7 Å². The van der Waals surface area contributed by atoms with Crippen LogP contribution in [0.5, 0.6) is 0 Å². The molecule has 1 aromatic heterocycles. The molecule has 1 aromatic carbocycles. The van der Waals surface area contributed by atoms with E-state index in [2.05, 4.69) is 14.7 Å². The van der Waals surface area contributed by atoms with Crippen molar-refractivity contribution in [3.05, 3.63) is 57.5 Å². The Balaban J connectivity index is 1.64. The van der Waals surface area contributed by atoms with E-state index >= 15 is 0 Å². The Morgan fingerprint density at radius 2 is 1.85 bits per heavy atom. The highest BCUT2D eigenvalue weighted by Gasteiger charge is 2.34. The van der Waals surface area contributed by atoms with Crippen LogP contribution in [-0.2, 0) is 16.0 Å². The van der Waals surface area contributed by atoms with Crippen LogP contribution in [0, 0.1) is 0 Å². The summed E-state index contributed by atoms with van der Waals surface area (Å²) in [4.78, 5) is 55.5. The Morgan fingerprint density at radius 1 is 1.19 bits per heavy atom. The van der Waals surface area contributed by atoms with Gasteiger partial charge in [0.1, 0.15) is 0 Å². The standard InChI is InChI=1S/C17H15N3O5S/c1-25-14(22)9-10-8-13(21)19-17(18-10)26-7-6-20-15(23)11-4-2-3-5-12(11)16(20)24/h2-5,8H,6-7,9H2,1H3,(H,18,19,21). The first-order valence-corrected chi connectivity index (χ1v) is 8.73. The van der Waals surface area contributed by atoms with Crippen LogP contribution in [0.25, 0.3) is 0 Å². The zero-order valence-corrected chi connectivity index (χ0v) is 14.7. The number of aromatic nitrogens is 2. The highest BCUT2D eigenvalue weighted by Crippen LogP contribution is 2.23. The first-order valence-electron chi connectivity index (χ1n) is 7.74. The Kier molecular flexibility index (Phi) is 5.17. The number of fused-ring (bicyclic) bond motifs is 1. The van der Waals surface area contributed by atoms with Gasteiger partial charge in [0, 0.05) is 18.4 Å². The third kappa shape index (κ3) is 3.67. The fourth-order valence-corrected chi connectivity index (χ4v) is 3.36. The lowest BCUT2D eigenvalue weighted by Gasteiger charge is -2.13. The molecule has 1 aliphatic rings. The third-order valence-corrected chi connectivity index (χ3v) is 4.61. The monoisotopic (exact) mass is 373 g/mol. The molecule has 2 heterocycles. The SMILES string of the molecule is COC(=O)Cc1cc(=O)[nH]c(SCCN2C(=O)c3ccccc3C2=O)n1. The van der Waals surface area contributed by atoms with Gasteiger partial charge in [0.15, 0.2) is 5.16 Å². The smallest absolute Gasteiger partial charge is 0.311 e. The Labute approximate surface area is 152 Å². The number of nitrogens with zero attached hydrogens (tertiary/aromatic N) is 2. The molecule has 3 rings (SSSR count). The van der Waals surface area contributed by atoms with E-state index in [-0.39, 0.29) is 30.3 Å². The Hall–Kier alpha value is -2.94. The predicted octanol–water partition coefficient (Wildman–Crippen LogP) is 0.874. The first-order chi connectivity index (χ1) is 12.5. The average molecular weight is 373 g/mol. The van der Waals surface area contributed by atoms with Gasteiger partial charge < -0.3 is 9.72 Å². The van der Waals surface area contributed by atoms with Crippen molar-refractivity contribution in [2.24, 2.45) is 0 Å². The molecule has 0 aliphatic carbocycles. The highest BCUT2D eigenvalue weighted by molar-refractivity contribution is 7.99. The van der Waals surface area contributed by atoms with Gasteiger partial charge in [0.2, 0.25) is 0 Å². The molecule has 134 valence electrons. The minimum Gasteiger partial charge on any atom is -0.469 e. The van der Waals surface area contributed by atoms with Gasteiger partial charge in [-0.2, -0.15) is 0 Å². The summed E-state index contributed by atoms with van der Waals surface area (Å²) < 4.78 is 4.56. The lowest BCUT2D eigenvalue weighted by Crippen LogP contribution is -2.31. The summed E-state index contributed by atoms with van der Waals surface area (Å²) in [6, 6.07) is 7.90. The fraction of sp³-hybridized carbons (Fsp3) is 0.235. The van der Waals surface area contributed by atoms with Crippen molar-refractivity contribution < 1.29 is 19.1 Å². The summed E-state index contributed by atoms with van der Waals surface area (Å²) in [6.45, 7) is 0.182. The summed E-state index contributed by atoms with van der Waals surface area (Å²) in [5, 5.41) is 0.313. The maximum absolute atomic E-state index is 12.3. The van der Waals surface area contributed by atoms with Crippen molar-refractivity contribution in [1.29, 1.82) is 0 Å². The molecular weight excluding hydrogens is 358 g/mol. The molecule has 1 N–H and O–H groups in total. The molecule has 1 aliphatic heterocycles. The van der Waals surface area contributed by atoms with Crippen molar-refractivity contribution in [1.82, 2.24) is 14.9 Å². The number of H-pyrrole nitrogens is 1. The Bertz CT molecular complexity index is 905. The van der Waals surface area contributed by atoms with Gasteiger partial charge in [-0.3, -0.25) is 24.1 Å². The minimum absolute atomic E-state index is 0.105. The number of rotatable bonds is 6. The number of nitrogens with one attached hydrogen (secondary N) is 1. The van der Waals surface area contributed by atoms with E-state index in [1.807, 2.05) is 0 Å². The van der Waals surface area contributed by atoms with Crippen molar-refractivity contribution in [2.45, 2.75) is 11.6 Å². The molecule has 0 fully saturated rings. The zero-order chi connectivity index (χ0) is 18.7. The van der Waals surface area contributed by atoms with Gasteiger partial charge in [0.25, 0.3) is 17.4 Å². The molecule has 0 unspecified atom stereocenters. The van der Waals surface area contributed by atoms with Crippen LogP contribution in [0.1, 0.15) is 26.4 Å². The summed E-state index contributed by atoms with van der Waals surface area (Å²) in [7, 11) is 1.26. The van der Waals surface area contributed by atoms with E-state index in [0.717, 1.165) is 0 Å². The molecular formula is C17H15N3O5S. The molecule has 0 atom stereocenters. The molecule has 26 heavy (non-hydrogen) atoms. The molecule has 0 saturated carbocycles. The molecule has 0 bridgehead atoms. The maximum Gasteiger partial charge on any atom is 0.311 e. The van der Waals surface area contributed by atoms with Gasteiger partial charge in [0.05, 0.1) is 30.4 Å². The quantitative estimate of drug-likeness (QED) is 0.346. The van der Waals surface area contributed by atoms with Crippen LogP contribution in [0.2, 0.25) is 0 Å². The van der Waals surface area contributed by atoms with Crippen molar-refractivity contribution in [3.8, 4) is 0 Å². The summed E-state index contributed by atoms with van der Waals surface area (Å²) in [5.74, 6) is -0.792. The fourth-order valence-electron chi connectivity index (χ4n) is 2.54. The number of benzene rings is 1. The number of carbonyl (C=O) groups is 3. The summed E-state index contributed by atoms with van der Waals surface area (Å²) >= 11 is 1.19. The van der Waals surface area contributed by atoms with Gasteiger partial charge in [-0.1, -0.05) is 23.9 Å². The van der Waals surface area contributed by atoms with Gasteiger partial charge >= 0.3 is 5.97 Å². The third-order valence-electron chi connectivity index (χ3n) is 3.76. The number of hydrogen-bond donors (Lipinski definition) is 1. The Morgan fingerprint density at radius 3 is 2.46 bits per heavy atom. The van der Waals surface area contributed by atoms with Crippen LogP contribution < -0.4 is 5.56 Å². The highest BCUT2D eigenvalue weighted by atomic mass is 32.2. The molecule has 0 saturated heterocycles. The normalized spacial score (nSPS) is 13.0. The molecule has 2 amide bonds. The molecule has 9 heteroatoms. The summed E-state index contributed by atoms with van der Waals surface area (Å²) in [6.07, 6.45) is -0.105. The van der Waals surface area contributed by atoms with Crippen molar-refractivity contribution in [2.75, 3.05) is 19.4 Å². The number of methoxy groups -OCH3 is 1. The summed E-state index contributed by atoms with van der Waals surface area (Å²) in [5.41, 5.74) is 0.703. The second kappa shape index (κ2) is 7.52. The molecule has 0 radical (unpaired) electrons. The number of aromatic amines is 1. The predicted molar refractivity (Wildman–Crippen MR) is 93.1 cm³/mol. The number of thioether (sulfide) groups is 1. The molecule has 8 nitrogen and oxygen atoms in total. The van der Waals surface area contributed by atoms with Gasteiger partial charge in [-0.25, -0.2) is 4.98 Å². The number of amides is 2. The maximum atomic E-state index is 12.3. The van der Waals surface area contributed by atoms with Crippen LogP contribution >= 0.6 is 11.8 Å². The molecule has 0 spiro atoms. The van der Waals surface area contributed by atoms with E-state index in [1.54, 1.807) is 24.3 Å². The van der Waals surface area contributed by atoms with Crippen LogP contribution in [-0.4, -0.2) is 52.1 Å². The average Bonchev–Trinajstić information content (AvgIpc) is 2.86. The topological polar surface area (TPSA) is 109 Å². The van der Waals surface area contributed by atoms with E-state index in [1.165, 1.54) is 29.8 Å². The van der Waals surface area contributed by atoms with Gasteiger partial charge in [-0.05, 0) is 12.1 Å². The number of esters is 1. The zero-order valence-electron chi connectivity index (χ0n) is 13.9. The van der Waals surface area contributed by atoms with Crippen molar-refractivity contribution in [3.63, 3.8) is 0 Å². The van der Waals surface area contributed by atoms with Crippen LogP contribution in [0.4, 0.5) is 0 Å². The van der Waals surface area contributed by atoms with Crippen LogP contribution in [0.15, 0.2) is 40.3 Å². The first kappa shape index (κ1) is 17.9.